The van der Waals surface area contributed by atoms with Gasteiger partial charge in [-0.1, -0.05) is 6.07 Å². The van der Waals surface area contributed by atoms with E-state index < -0.39 is 0 Å². The zero-order chi connectivity index (χ0) is 15.8. The van der Waals surface area contributed by atoms with Crippen molar-refractivity contribution in [3.8, 4) is 0 Å². The van der Waals surface area contributed by atoms with Crippen LogP contribution in [0.2, 0.25) is 0 Å². The molecule has 4 rings (SSSR count). The molecule has 5 nitrogen and oxygen atoms in total. The molecule has 2 N–H and O–H groups in total. The number of hydrogen-bond acceptors (Lipinski definition) is 2. The summed E-state index contributed by atoms with van der Waals surface area (Å²) in [5.74, 6) is 1.46. The van der Waals surface area contributed by atoms with E-state index in [-0.39, 0.29) is 6.03 Å². The van der Waals surface area contributed by atoms with Crippen molar-refractivity contribution in [2.75, 3.05) is 6.54 Å². The quantitative estimate of drug-likeness (QED) is 0.861. The van der Waals surface area contributed by atoms with Gasteiger partial charge in [0.25, 0.3) is 0 Å². The summed E-state index contributed by atoms with van der Waals surface area (Å²) in [5, 5.41) is 6.17. The van der Waals surface area contributed by atoms with Gasteiger partial charge in [0.05, 0.1) is 5.69 Å². The molecule has 122 valence electrons. The van der Waals surface area contributed by atoms with Crippen molar-refractivity contribution in [3.05, 3.63) is 35.8 Å². The van der Waals surface area contributed by atoms with Gasteiger partial charge < -0.3 is 15.0 Å². The maximum absolute atomic E-state index is 12.1. The van der Waals surface area contributed by atoms with Gasteiger partial charge in [0, 0.05) is 31.4 Å². The smallest absolute Gasteiger partial charge is 0.315 e. The van der Waals surface area contributed by atoms with E-state index in [2.05, 4.69) is 28.6 Å². The highest BCUT2D eigenvalue weighted by atomic mass is 16.2. The van der Waals surface area contributed by atoms with Crippen molar-refractivity contribution in [2.45, 2.75) is 45.1 Å². The van der Waals surface area contributed by atoms with E-state index in [0.717, 1.165) is 29.6 Å². The molecule has 0 radical (unpaired) electrons. The molecule has 2 fully saturated rings. The van der Waals surface area contributed by atoms with Crippen LogP contribution in [-0.4, -0.2) is 28.0 Å². The summed E-state index contributed by atoms with van der Waals surface area (Å²) in [7, 11) is 0. The molecule has 0 saturated heterocycles. The molecule has 2 aliphatic rings. The number of hydrogen-bond donors (Lipinski definition) is 2. The number of carbonyl (C=O) groups is 1. The van der Waals surface area contributed by atoms with E-state index in [0.29, 0.717) is 12.6 Å². The van der Waals surface area contributed by atoms with Crippen LogP contribution in [0, 0.1) is 18.8 Å². The SMILES string of the molecule is Cc1cccn2cc(CCNC(=O)NC(C3CC3)C3CC3)nc12. The molecular formula is C18H24N4O. The van der Waals surface area contributed by atoms with E-state index in [9.17, 15) is 4.79 Å². The Balaban J connectivity index is 1.28. The van der Waals surface area contributed by atoms with E-state index in [1.165, 1.54) is 31.2 Å². The Morgan fingerprint density at radius 2 is 2.09 bits per heavy atom. The zero-order valence-electron chi connectivity index (χ0n) is 13.6. The average molecular weight is 312 g/mol. The monoisotopic (exact) mass is 312 g/mol. The first-order valence-corrected chi connectivity index (χ1v) is 8.68. The van der Waals surface area contributed by atoms with E-state index >= 15 is 0 Å². The number of nitrogens with one attached hydrogen (secondary N) is 2. The first kappa shape index (κ1) is 14.5. The largest absolute Gasteiger partial charge is 0.338 e. The molecule has 0 atom stereocenters. The van der Waals surface area contributed by atoms with Crippen molar-refractivity contribution in [2.24, 2.45) is 11.8 Å². The minimum absolute atomic E-state index is 0.0197. The lowest BCUT2D eigenvalue weighted by Crippen LogP contribution is -2.44. The third kappa shape index (κ3) is 3.33. The summed E-state index contributed by atoms with van der Waals surface area (Å²) >= 11 is 0. The fourth-order valence-corrected chi connectivity index (χ4v) is 3.36. The molecule has 2 amide bonds. The van der Waals surface area contributed by atoms with Crippen LogP contribution in [-0.2, 0) is 6.42 Å². The third-order valence-corrected chi connectivity index (χ3v) is 4.95. The molecule has 0 spiro atoms. The first-order chi connectivity index (χ1) is 11.2. The maximum atomic E-state index is 12.1. The molecule has 0 aromatic carbocycles. The highest BCUT2D eigenvalue weighted by Gasteiger charge is 2.42. The Kier molecular flexibility index (Phi) is 3.71. The molecule has 2 aliphatic carbocycles. The minimum atomic E-state index is -0.0197. The number of imidazole rings is 1. The molecule has 0 bridgehead atoms. The summed E-state index contributed by atoms with van der Waals surface area (Å²) in [6, 6.07) is 4.48. The molecule has 0 unspecified atom stereocenters. The molecule has 0 aliphatic heterocycles. The van der Waals surface area contributed by atoms with Crippen LogP contribution >= 0.6 is 0 Å². The Morgan fingerprint density at radius 1 is 1.35 bits per heavy atom. The standard InChI is InChI=1S/C18H24N4O/c1-12-3-2-10-22-11-15(20-17(12)22)8-9-19-18(23)21-16(13-4-5-13)14-6-7-14/h2-3,10-11,13-14,16H,4-9H2,1H3,(H2,19,21,23). The summed E-state index contributed by atoms with van der Waals surface area (Å²) in [6.07, 6.45) is 9.92. The van der Waals surface area contributed by atoms with Crippen LogP contribution in [0.4, 0.5) is 4.79 Å². The van der Waals surface area contributed by atoms with Gasteiger partial charge in [-0.25, -0.2) is 9.78 Å². The van der Waals surface area contributed by atoms with Gasteiger partial charge in [-0.3, -0.25) is 0 Å². The Hall–Kier alpha value is -2.04. The predicted molar refractivity (Wildman–Crippen MR) is 89.4 cm³/mol. The number of rotatable bonds is 6. The maximum Gasteiger partial charge on any atom is 0.315 e. The lowest BCUT2D eigenvalue weighted by Gasteiger charge is -2.17. The number of aryl methyl sites for hydroxylation is 1. The number of amides is 2. The average Bonchev–Trinajstić information content (AvgIpc) is 3.43. The number of urea groups is 1. The van der Waals surface area contributed by atoms with Crippen LogP contribution in [0.15, 0.2) is 24.5 Å². The van der Waals surface area contributed by atoms with E-state index in [4.69, 9.17) is 0 Å². The highest BCUT2D eigenvalue weighted by Crippen LogP contribution is 2.44. The Morgan fingerprint density at radius 3 is 2.74 bits per heavy atom. The molecule has 23 heavy (non-hydrogen) atoms. The molecule has 2 aromatic heterocycles. The van der Waals surface area contributed by atoms with Crippen molar-refractivity contribution in [1.29, 1.82) is 0 Å². The number of aromatic nitrogens is 2. The van der Waals surface area contributed by atoms with Crippen molar-refractivity contribution >= 4 is 11.7 Å². The number of nitrogens with zero attached hydrogens (tertiary/aromatic N) is 2. The minimum Gasteiger partial charge on any atom is -0.338 e. The molecule has 5 heteroatoms. The van der Waals surface area contributed by atoms with Gasteiger partial charge >= 0.3 is 6.03 Å². The molecule has 2 saturated carbocycles. The predicted octanol–water partition coefficient (Wildman–Crippen LogP) is 2.67. The van der Waals surface area contributed by atoms with E-state index in [1.54, 1.807) is 0 Å². The third-order valence-electron chi connectivity index (χ3n) is 4.95. The molecule has 2 aromatic rings. The van der Waals surface area contributed by atoms with Crippen LogP contribution in [0.5, 0.6) is 0 Å². The van der Waals surface area contributed by atoms with Crippen molar-refractivity contribution in [1.82, 2.24) is 20.0 Å². The zero-order valence-corrected chi connectivity index (χ0v) is 13.6. The van der Waals surface area contributed by atoms with Crippen molar-refractivity contribution in [3.63, 3.8) is 0 Å². The number of fused-ring (bicyclic) bond motifs is 1. The van der Waals surface area contributed by atoms with Crippen LogP contribution in [0.1, 0.15) is 36.9 Å². The second-order valence-electron chi connectivity index (χ2n) is 7.01. The Labute approximate surface area is 136 Å². The number of pyridine rings is 1. The summed E-state index contributed by atoms with van der Waals surface area (Å²) < 4.78 is 2.04. The van der Waals surface area contributed by atoms with Crippen molar-refractivity contribution < 1.29 is 4.79 Å². The van der Waals surface area contributed by atoms with Gasteiger partial charge in [-0.05, 0) is 56.1 Å². The van der Waals surface area contributed by atoms with Gasteiger partial charge in [0.15, 0.2) is 0 Å². The fourth-order valence-electron chi connectivity index (χ4n) is 3.36. The topological polar surface area (TPSA) is 58.4 Å². The highest BCUT2D eigenvalue weighted by molar-refractivity contribution is 5.74. The van der Waals surface area contributed by atoms with Crippen LogP contribution in [0.25, 0.3) is 5.65 Å². The summed E-state index contributed by atoms with van der Waals surface area (Å²) in [5.41, 5.74) is 3.18. The lowest BCUT2D eigenvalue weighted by atomic mass is 10.1. The second-order valence-corrected chi connectivity index (χ2v) is 7.01. The summed E-state index contributed by atoms with van der Waals surface area (Å²) in [4.78, 5) is 16.7. The van der Waals surface area contributed by atoms with Crippen LogP contribution in [0.3, 0.4) is 0 Å². The second kappa shape index (κ2) is 5.87. The summed E-state index contributed by atoms with van der Waals surface area (Å²) in [6.45, 7) is 2.69. The fraction of sp³-hybridized carbons (Fsp3) is 0.556. The first-order valence-electron chi connectivity index (χ1n) is 8.68. The Bertz CT molecular complexity index is 703. The van der Waals surface area contributed by atoms with Gasteiger partial charge in [-0.15, -0.1) is 0 Å². The number of carbonyl (C=O) groups excluding carboxylic acids is 1. The van der Waals surface area contributed by atoms with Gasteiger partial charge in [0.1, 0.15) is 5.65 Å². The lowest BCUT2D eigenvalue weighted by molar-refractivity contribution is 0.233. The van der Waals surface area contributed by atoms with Gasteiger partial charge in [0.2, 0.25) is 0 Å². The van der Waals surface area contributed by atoms with Crippen LogP contribution < -0.4 is 10.6 Å². The molecule has 2 heterocycles. The van der Waals surface area contributed by atoms with Gasteiger partial charge in [-0.2, -0.15) is 0 Å². The molecular weight excluding hydrogens is 288 g/mol. The van der Waals surface area contributed by atoms with E-state index in [1.807, 2.05) is 22.9 Å². The normalized spacial score (nSPS) is 17.7.